The van der Waals surface area contributed by atoms with Crippen molar-refractivity contribution < 1.29 is 18.0 Å². The van der Waals surface area contributed by atoms with Gasteiger partial charge in [0.05, 0.1) is 21.2 Å². The Bertz CT molecular complexity index is 894. The normalized spacial score (nSPS) is 10.5. The topological polar surface area (TPSA) is 93.0 Å². The number of hydrogen-bond donors (Lipinski definition) is 0. The summed E-state index contributed by atoms with van der Waals surface area (Å²) >= 11 is 0. The lowest BCUT2D eigenvalue weighted by molar-refractivity contribution is 0.564. The number of aliphatic imine (C=N–C) groups is 2. The molecule has 0 saturated carbocycles. The van der Waals surface area contributed by atoms with Crippen molar-refractivity contribution in [2.45, 2.75) is 23.6 Å². The number of rotatable bonds is 4. The minimum Gasteiger partial charge on any atom is -0.219 e. The number of hydrogen-bond acceptors (Lipinski definition) is 6. The van der Waals surface area contributed by atoms with Gasteiger partial charge in [0.15, 0.2) is 0 Å². The van der Waals surface area contributed by atoms with Crippen molar-refractivity contribution in [2.24, 2.45) is 9.98 Å². The highest BCUT2D eigenvalue weighted by Gasteiger charge is 2.19. The quantitative estimate of drug-likeness (QED) is 0.637. The fourth-order valence-corrected chi connectivity index (χ4v) is 3.29. The summed E-state index contributed by atoms with van der Waals surface area (Å²) in [6, 6.07) is 8.58. The molecular weight excluding hydrogens is 316 g/mol. The molecule has 2 aromatic rings. The van der Waals surface area contributed by atoms with Gasteiger partial charge in [-0.2, -0.15) is 9.98 Å². The van der Waals surface area contributed by atoms with Crippen LogP contribution in [0, 0.1) is 13.8 Å². The first kappa shape index (κ1) is 16.5. The smallest absolute Gasteiger partial charge is 0.219 e. The standard InChI is InChI=1S/C16H12N2O4S/c1-11-3-5-13(7-15(11)17-9-19)23(21,22)14-6-4-12(2)16(8-14)18-10-20/h3-8H,1-2H3. The molecule has 0 saturated heterocycles. The highest BCUT2D eigenvalue weighted by Crippen LogP contribution is 2.30. The molecule has 0 N–H and O–H groups in total. The van der Waals surface area contributed by atoms with Gasteiger partial charge >= 0.3 is 0 Å². The number of nitrogens with zero attached hydrogens (tertiary/aromatic N) is 2. The number of benzene rings is 2. The molecule has 2 rings (SSSR count). The first-order chi connectivity index (χ1) is 10.9. The first-order valence-electron chi connectivity index (χ1n) is 6.52. The van der Waals surface area contributed by atoms with Crippen LogP contribution in [-0.4, -0.2) is 20.6 Å². The summed E-state index contributed by atoms with van der Waals surface area (Å²) in [4.78, 5) is 27.8. The van der Waals surface area contributed by atoms with Crippen molar-refractivity contribution in [1.82, 2.24) is 0 Å². The lowest BCUT2D eigenvalue weighted by Crippen LogP contribution is -2.02. The molecule has 7 heteroatoms. The third kappa shape index (κ3) is 3.33. The fraction of sp³-hybridized carbons (Fsp3) is 0.125. The Labute approximate surface area is 133 Å². The summed E-state index contributed by atoms with van der Waals surface area (Å²) in [6.07, 6.45) is 2.80. The van der Waals surface area contributed by atoms with Gasteiger partial charge in [-0.3, -0.25) is 0 Å². The third-order valence-electron chi connectivity index (χ3n) is 3.31. The van der Waals surface area contributed by atoms with Gasteiger partial charge in [0.25, 0.3) is 0 Å². The minimum absolute atomic E-state index is 0.0121. The second-order valence-electron chi connectivity index (χ2n) is 4.81. The molecule has 0 unspecified atom stereocenters. The maximum atomic E-state index is 12.7. The van der Waals surface area contributed by atoms with Crippen molar-refractivity contribution in [1.29, 1.82) is 0 Å². The molecule has 0 spiro atoms. The highest BCUT2D eigenvalue weighted by atomic mass is 32.2. The van der Waals surface area contributed by atoms with Gasteiger partial charge in [-0.15, -0.1) is 0 Å². The summed E-state index contributed by atoms with van der Waals surface area (Å²) in [7, 11) is -3.83. The zero-order valence-corrected chi connectivity index (χ0v) is 13.2. The molecule has 6 nitrogen and oxygen atoms in total. The predicted octanol–water partition coefficient (Wildman–Crippen LogP) is 3.07. The van der Waals surface area contributed by atoms with E-state index in [1.54, 1.807) is 26.0 Å². The zero-order valence-electron chi connectivity index (χ0n) is 12.4. The van der Waals surface area contributed by atoms with E-state index >= 15 is 0 Å². The lowest BCUT2D eigenvalue weighted by Gasteiger charge is -2.08. The average Bonchev–Trinajstić information content (AvgIpc) is 2.51. The molecule has 0 amide bonds. The van der Waals surface area contributed by atoms with Gasteiger partial charge in [0, 0.05) is 0 Å². The highest BCUT2D eigenvalue weighted by molar-refractivity contribution is 7.91. The molecule has 0 bridgehead atoms. The third-order valence-corrected chi connectivity index (χ3v) is 5.06. The van der Waals surface area contributed by atoms with E-state index in [9.17, 15) is 18.0 Å². The predicted molar refractivity (Wildman–Crippen MR) is 83.4 cm³/mol. The summed E-state index contributed by atoms with van der Waals surface area (Å²) in [5, 5.41) is 0. The molecule has 0 fully saturated rings. The number of carbonyl (C=O) groups excluding carboxylic acids is 2. The second kappa shape index (κ2) is 6.50. The van der Waals surface area contributed by atoms with Crippen LogP contribution in [0.1, 0.15) is 11.1 Å². The Balaban J connectivity index is 2.63. The number of aryl methyl sites for hydroxylation is 2. The van der Waals surface area contributed by atoms with Crippen LogP contribution in [0.15, 0.2) is 56.2 Å². The van der Waals surface area contributed by atoms with Crippen molar-refractivity contribution >= 4 is 33.4 Å². The minimum atomic E-state index is -3.83. The maximum Gasteiger partial charge on any atom is 0.240 e. The van der Waals surface area contributed by atoms with Crippen molar-refractivity contribution in [3.05, 3.63) is 47.5 Å². The van der Waals surface area contributed by atoms with E-state index in [4.69, 9.17) is 0 Å². The van der Waals surface area contributed by atoms with Gasteiger partial charge in [0.2, 0.25) is 22.0 Å². The molecule has 0 aliphatic heterocycles. The molecule has 2 aromatic carbocycles. The molecule has 0 aliphatic carbocycles. The molecule has 0 aliphatic rings. The van der Waals surface area contributed by atoms with Gasteiger partial charge < -0.3 is 0 Å². The number of sulfone groups is 1. The Morgan fingerprint density at radius 1 is 0.783 bits per heavy atom. The van der Waals surface area contributed by atoms with Gasteiger partial charge in [-0.05, 0) is 49.2 Å². The van der Waals surface area contributed by atoms with E-state index < -0.39 is 9.84 Å². The van der Waals surface area contributed by atoms with Crippen LogP contribution in [0.3, 0.4) is 0 Å². The van der Waals surface area contributed by atoms with Crippen LogP contribution in [0.5, 0.6) is 0 Å². The largest absolute Gasteiger partial charge is 0.240 e. The first-order valence-corrected chi connectivity index (χ1v) is 8.00. The monoisotopic (exact) mass is 328 g/mol. The molecule has 0 atom stereocenters. The molecule has 0 radical (unpaired) electrons. The van der Waals surface area contributed by atoms with E-state index in [0.717, 1.165) is 0 Å². The van der Waals surface area contributed by atoms with Crippen molar-refractivity contribution in [3.8, 4) is 0 Å². The fourth-order valence-electron chi connectivity index (χ4n) is 1.99. The SMILES string of the molecule is Cc1ccc(S(=O)(=O)c2ccc(C)c(N=C=O)c2)cc1N=C=O. The maximum absolute atomic E-state index is 12.7. The second-order valence-corrected chi connectivity index (χ2v) is 6.76. The van der Waals surface area contributed by atoms with Crippen LogP contribution in [0.4, 0.5) is 11.4 Å². The lowest BCUT2D eigenvalue weighted by atomic mass is 10.2. The molecular formula is C16H12N2O4S. The molecule has 23 heavy (non-hydrogen) atoms. The van der Waals surface area contributed by atoms with E-state index in [2.05, 4.69) is 9.98 Å². The van der Waals surface area contributed by atoms with Gasteiger partial charge in [-0.1, -0.05) is 12.1 Å². The number of isocyanates is 2. The molecule has 0 aromatic heterocycles. The average molecular weight is 328 g/mol. The summed E-state index contributed by atoms with van der Waals surface area (Å²) in [5.41, 5.74) is 1.78. The van der Waals surface area contributed by atoms with Gasteiger partial charge in [0.1, 0.15) is 0 Å². The van der Waals surface area contributed by atoms with Crippen LogP contribution >= 0.6 is 0 Å². The van der Waals surface area contributed by atoms with Gasteiger partial charge in [-0.25, -0.2) is 18.0 Å². The Morgan fingerprint density at radius 3 is 1.52 bits per heavy atom. The zero-order chi connectivity index (χ0) is 17.0. The van der Waals surface area contributed by atoms with Crippen molar-refractivity contribution in [2.75, 3.05) is 0 Å². The Morgan fingerprint density at radius 2 is 1.17 bits per heavy atom. The van der Waals surface area contributed by atoms with Crippen LogP contribution in [-0.2, 0) is 19.4 Å². The van der Waals surface area contributed by atoms with E-state index in [0.29, 0.717) is 11.1 Å². The summed E-state index contributed by atoms with van der Waals surface area (Å²) in [6.45, 7) is 3.41. The van der Waals surface area contributed by atoms with Crippen LogP contribution in [0.2, 0.25) is 0 Å². The Hall–Kier alpha value is -2.85. The Kier molecular flexibility index (Phi) is 4.67. The van der Waals surface area contributed by atoms with E-state index in [-0.39, 0.29) is 21.2 Å². The van der Waals surface area contributed by atoms with Crippen LogP contribution in [0.25, 0.3) is 0 Å². The molecule has 116 valence electrons. The summed E-state index contributed by atoms with van der Waals surface area (Å²) < 4.78 is 25.4. The van der Waals surface area contributed by atoms with E-state index in [1.165, 1.54) is 36.4 Å². The van der Waals surface area contributed by atoms with Crippen molar-refractivity contribution in [3.63, 3.8) is 0 Å². The molecule has 0 heterocycles. The van der Waals surface area contributed by atoms with Crippen LogP contribution < -0.4 is 0 Å². The van der Waals surface area contributed by atoms with E-state index in [1.807, 2.05) is 0 Å². The summed E-state index contributed by atoms with van der Waals surface area (Å²) in [5.74, 6) is 0.